The Morgan fingerprint density at radius 3 is 2.14 bits per heavy atom. The van der Waals surface area contributed by atoms with Crippen molar-refractivity contribution in [2.45, 2.75) is 69.9 Å². The van der Waals surface area contributed by atoms with E-state index in [0.29, 0.717) is 18.7 Å². The molecule has 5 nitrogen and oxygen atoms in total. The SMILES string of the molecule is CC(=O)N1CCC(N(C)C(=O)N[C@H]2CC[C@](C)(c3cc(F)cc(F)c3)CC2)CC1. The van der Waals surface area contributed by atoms with E-state index in [9.17, 15) is 18.4 Å². The lowest BCUT2D eigenvalue weighted by atomic mass is 9.69. The zero-order valence-electron chi connectivity index (χ0n) is 17.5. The molecule has 3 rings (SSSR count). The first-order valence-corrected chi connectivity index (χ1v) is 10.4. The topological polar surface area (TPSA) is 52.7 Å². The number of nitrogens with one attached hydrogen (secondary N) is 1. The van der Waals surface area contributed by atoms with Crippen molar-refractivity contribution in [2.24, 2.45) is 0 Å². The van der Waals surface area contributed by atoms with E-state index in [2.05, 4.69) is 5.32 Å². The molecule has 7 heteroatoms. The highest BCUT2D eigenvalue weighted by Gasteiger charge is 2.35. The fourth-order valence-electron chi connectivity index (χ4n) is 4.60. The van der Waals surface area contributed by atoms with Crippen LogP contribution in [0.5, 0.6) is 0 Å². The number of urea groups is 1. The van der Waals surface area contributed by atoms with Crippen LogP contribution in [0, 0.1) is 11.6 Å². The molecule has 1 heterocycles. The normalized spacial score (nSPS) is 25.6. The summed E-state index contributed by atoms with van der Waals surface area (Å²) in [6.07, 6.45) is 4.66. The molecule has 0 aromatic heterocycles. The van der Waals surface area contributed by atoms with Crippen molar-refractivity contribution >= 4 is 11.9 Å². The van der Waals surface area contributed by atoms with E-state index in [-0.39, 0.29) is 29.4 Å². The van der Waals surface area contributed by atoms with Gasteiger partial charge in [-0.3, -0.25) is 4.79 Å². The van der Waals surface area contributed by atoms with Gasteiger partial charge in [-0.05, 0) is 61.6 Å². The molecule has 29 heavy (non-hydrogen) atoms. The monoisotopic (exact) mass is 407 g/mol. The Balaban J connectivity index is 1.51. The Morgan fingerprint density at radius 2 is 1.62 bits per heavy atom. The molecule has 1 aliphatic carbocycles. The molecule has 0 spiro atoms. The first-order valence-electron chi connectivity index (χ1n) is 10.4. The number of halogens is 2. The minimum absolute atomic E-state index is 0.0636. The standard InChI is InChI=1S/C22H31F2N3O2/c1-15(28)27-10-6-20(7-11-27)26(3)21(29)25-19-4-8-22(2,9-5-19)16-12-17(23)14-18(24)13-16/h12-14,19-20H,4-11H2,1-3H3,(H,25,29)/t19-,22-. The molecule has 0 radical (unpaired) electrons. The molecule has 1 aliphatic heterocycles. The fraction of sp³-hybridized carbons (Fsp3) is 0.636. The highest BCUT2D eigenvalue weighted by molar-refractivity contribution is 5.75. The van der Waals surface area contributed by atoms with E-state index in [1.165, 1.54) is 12.1 Å². The average molecular weight is 408 g/mol. The van der Waals surface area contributed by atoms with Gasteiger partial charge in [0.05, 0.1) is 0 Å². The van der Waals surface area contributed by atoms with Crippen LogP contribution >= 0.6 is 0 Å². The number of hydrogen-bond donors (Lipinski definition) is 1. The van der Waals surface area contributed by atoms with Crippen molar-refractivity contribution in [3.8, 4) is 0 Å². The van der Waals surface area contributed by atoms with Gasteiger partial charge < -0.3 is 15.1 Å². The number of rotatable bonds is 3. The second kappa shape index (κ2) is 8.67. The summed E-state index contributed by atoms with van der Waals surface area (Å²) in [6, 6.07) is 3.85. The maximum atomic E-state index is 13.6. The number of nitrogens with zero attached hydrogens (tertiary/aromatic N) is 2. The molecule has 2 fully saturated rings. The molecule has 3 amide bonds. The lowest BCUT2D eigenvalue weighted by Crippen LogP contribution is -2.52. The van der Waals surface area contributed by atoms with Crippen LogP contribution in [0.3, 0.4) is 0 Å². The van der Waals surface area contributed by atoms with Gasteiger partial charge in [0.15, 0.2) is 0 Å². The second-order valence-electron chi connectivity index (χ2n) is 8.79. The van der Waals surface area contributed by atoms with E-state index in [0.717, 1.165) is 44.6 Å². The van der Waals surface area contributed by atoms with Crippen LogP contribution in [-0.4, -0.2) is 54.0 Å². The lowest BCUT2D eigenvalue weighted by Gasteiger charge is -2.40. The van der Waals surface area contributed by atoms with Crippen molar-refractivity contribution < 1.29 is 18.4 Å². The second-order valence-corrected chi connectivity index (χ2v) is 8.79. The van der Waals surface area contributed by atoms with Gasteiger partial charge in [0.1, 0.15) is 11.6 Å². The van der Waals surface area contributed by atoms with Gasteiger partial charge in [0.2, 0.25) is 5.91 Å². The molecule has 1 aromatic carbocycles. The molecule has 160 valence electrons. The molecule has 0 bridgehead atoms. The minimum atomic E-state index is -0.547. The zero-order valence-corrected chi connectivity index (χ0v) is 17.5. The van der Waals surface area contributed by atoms with Crippen molar-refractivity contribution in [3.05, 3.63) is 35.4 Å². The van der Waals surface area contributed by atoms with Crippen molar-refractivity contribution in [1.82, 2.24) is 15.1 Å². The molecular weight excluding hydrogens is 376 g/mol. The van der Waals surface area contributed by atoms with Crippen molar-refractivity contribution in [2.75, 3.05) is 20.1 Å². The van der Waals surface area contributed by atoms with Crippen LogP contribution < -0.4 is 5.32 Å². The Labute approximate surface area is 171 Å². The number of likely N-dealkylation sites (tertiary alicyclic amines) is 1. The van der Waals surface area contributed by atoms with E-state index in [4.69, 9.17) is 0 Å². The quantitative estimate of drug-likeness (QED) is 0.828. The van der Waals surface area contributed by atoms with Crippen LogP contribution in [0.1, 0.15) is 57.9 Å². The predicted octanol–water partition coefficient (Wildman–Crippen LogP) is 3.82. The molecule has 1 saturated heterocycles. The zero-order chi connectivity index (χ0) is 21.2. The van der Waals surface area contributed by atoms with E-state index in [1.807, 2.05) is 18.9 Å². The Hall–Kier alpha value is -2.18. The summed E-state index contributed by atoms with van der Waals surface area (Å²) in [4.78, 5) is 27.7. The predicted molar refractivity (Wildman–Crippen MR) is 108 cm³/mol. The summed E-state index contributed by atoms with van der Waals surface area (Å²) in [7, 11) is 1.81. The van der Waals surface area contributed by atoms with E-state index in [1.54, 1.807) is 11.8 Å². The van der Waals surface area contributed by atoms with E-state index >= 15 is 0 Å². The first-order chi connectivity index (χ1) is 13.7. The van der Waals surface area contributed by atoms with Gasteiger partial charge in [-0.1, -0.05) is 6.92 Å². The van der Waals surface area contributed by atoms with Gasteiger partial charge in [0, 0.05) is 45.2 Å². The third-order valence-electron chi connectivity index (χ3n) is 6.75. The highest BCUT2D eigenvalue weighted by atomic mass is 19.1. The Bertz CT molecular complexity index is 734. The van der Waals surface area contributed by atoms with Gasteiger partial charge in [0.25, 0.3) is 0 Å². The molecule has 2 aliphatic rings. The summed E-state index contributed by atoms with van der Waals surface area (Å²) >= 11 is 0. The van der Waals surface area contributed by atoms with Crippen LogP contribution in [-0.2, 0) is 10.2 Å². The van der Waals surface area contributed by atoms with Crippen LogP contribution in [0.15, 0.2) is 18.2 Å². The van der Waals surface area contributed by atoms with Crippen molar-refractivity contribution in [1.29, 1.82) is 0 Å². The molecule has 1 N–H and O–H groups in total. The number of carbonyl (C=O) groups excluding carboxylic acids is 2. The summed E-state index contributed by atoms with van der Waals surface area (Å²) in [6.45, 7) is 4.98. The summed E-state index contributed by atoms with van der Waals surface area (Å²) < 4.78 is 27.2. The Morgan fingerprint density at radius 1 is 1.07 bits per heavy atom. The minimum Gasteiger partial charge on any atom is -0.343 e. The molecule has 1 saturated carbocycles. The van der Waals surface area contributed by atoms with Gasteiger partial charge >= 0.3 is 6.03 Å². The molecule has 0 unspecified atom stereocenters. The third-order valence-corrected chi connectivity index (χ3v) is 6.75. The number of amides is 3. The van der Waals surface area contributed by atoms with Gasteiger partial charge in [-0.25, -0.2) is 13.6 Å². The van der Waals surface area contributed by atoms with Gasteiger partial charge in [-0.15, -0.1) is 0 Å². The number of hydrogen-bond acceptors (Lipinski definition) is 2. The van der Waals surface area contributed by atoms with Crippen LogP contribution in [0.4, 0.5) is 13.6 Å². The largest absolute Gasteiger partial charge is 0.343 e. The summed E-state index contributed by atoms with van der Waals surface area (Å²) in [5.41, 5.74) is 0.407. The average Bonchev–Trinajstić information content (AvgIpc) is 2.68. The number of piperidine rings is 1. The number of benzene rings is 1. The summed E-state index contributed by atoms with van der Waals surface area (Å²) in [5.74, 6) is -1.01. The third kappa shape index (κ3) is 5.06. The maximum absolute atomic E-state index is 13.6. The smallest absolute Gasteiger partial charge is 0.317 e. The number of carbonyl (C=O) groups is 2. The van der Waals surface area contributed by atoms with Crippen molar-refractivity contribution in [3.63, 3.8) is 0 Å². The van der Waals surface area contributed by atoms with Crippen LogP contribution in [0.2, 0.25) is 0 Å². The maximum Gasteiger partial charge on any atom is 0.317 e. The molecule has 0 atom stereocenters. The lowest BCUT2D eigenvalue weighted by molar-refractivity contribution is -0.130. The van der Waals surface area contributed by atoms with Crippen LogP contribution in [0.25, 0.3) is 0 Å². The fourth-order valence-corrected chi connectivity index (χ4v) is 4.60. The molecular formula is C22H31F2N3O2. The Kier molecular flexibility index (Phi) is 6.44. The highest BCUT2D eigenvalue weighted by Crippen LogP contribution is 2.39. The molecule has 1 aromatic rings. The first kappa shape index (κ1) is 21.5. The summed E-state index contributed by atoms with van der Waals surface area (Å²) in [5, 5.41) is 3.12. The van der Waals surface area contributed by atoms with Gasteiger partial charge in [-0.2, -0.15) is 0 Å². The van der Waals surface area contributed by atoms with E-state index < -0.39 is 11.6 Å².